The zero-order valence-corrected chi connectivity index (χ0v) is 30.7. The van der Waals surface area contributed by atoms with Crippen LogP contribution in [0.3, 0.4) is 0 Å². The molecule has 4 aromatic rings. The van der Waals surface area contributed by atoms with Crippen molar-refractivity contribution in [2.75, 3.05) is 24.3 Å². The monoisotopic (exact) mass is 667 g/mol. The molecule has 2 atom stereocenters. The topological polar surface area (TPSA) is 147 Å². The minimum atomic E-state index is -1.09. The molecule has 252 valence electrons. The molecular weight excluding hydrogens is 615 g/mol. The minimum absolute atomic E-state index is 0.207. The number of fused-ring (bicyclic) bond motifs is 2. The first-order valence-electron chi connectivity index (χ1n) is 16.4. The highest BCUT2D eigenvalue weighted by atomic mass is 28.3. The maximum Gasteiger partial charge on any atom is 0.320 e. The standard InChI is InChI=1S/C20H33N5O2Si.C12H20N4OSi/c1-15-7-5-6-8-16(15)23-20(26)24-18-13-21-19-17(22-18)9-10-25(19)14-27-11-12-28(2,3)4;1-18(2,3)7-6-17-9-16-5-4-10-12(16)14-8-11(13)15-10/h9-10,13,15-16H,5-8,11-12,14H2,1-4H3,(H2,22,23,24,26);4-5,8H,6-7,9H2,1-3H3,(H2,13,15)/t15-,16+;/m1./s1. The zero-order valence-electron chi connectivity index (χ0n) is 28.7. The highest BCUT2D eigenvalue weighted by Gasteiger charge is 2.23. The Labute approximate surface area is 274 Å². The van der Waals surface area contributed by atoms with Crippen LogP contribution in [0.1, 0.15) is 32.6 Å². The molecule has 5 rings (SSSR count). The Kier molecular flexibility index (Phi) is 12.3. The van der Waals surface area contributed by atoms with E-state index in [2.05, 4.69) is 76.8 Å². The van der Waals surface area contributed by atoms with Crippen LogP contribution in [0.4, 0.5) is 16.4 Å². The molecule has 14 heteroatoms. The van der Waals surface area contributed by atoms with Crippen LogP contribution in [0.25, 0.3) is 22.3 Å². The van der Waals surface area contributed by atoms with Gasteiger partial charge in [-0.2, -0.15) is 0 Å². The predicted molar refractivity (Wildman–Crippen MR) is 191 cm³/mol. The summed E-state index contributed by atoms with van der Waals surface area (Å²) in [6, 6.07) is 6.14. The number of aromatic nitrogens is 6. The van der Waals surface area contributed by atoms with E-state index in [1.165, 1.54) is 25.3 Å². The average molecular weight is 668 g/mol. The summed E-state index contributed by atoms with van der Waals surface area (Å²) in [6.07, 6.45) is 11.7. The number of carbonyl (C=O) groups excluding carboxylic acids is 1. The maximum absolute atomic E-state index is 12.3. The van der Waals surface area contributed by atoms with Gasteiger partial charge in [-0.05, 0) is 43.0 Å². The number of rotatable bonds is 12. The molecule has 46 heavy (non-hydrogen) atoms. The average Bonchev–Trinajstić information content (AvgIpc) is 3.57. The molecule has 1 fully saturated rings. The number of anilines is 2. The molecule has 0 saturated heterocycles. The van der Waals surface area contributed by atoms with Gasteiger partial charge in [-0.1, -0.05) is 59.0 Å². The first kappa shape index (κ1) is 35.5. The normalized spacial score (nSPS) is 17.1. The third-order valence-corrected chi connectivity index (χ3v) is 11.5. The summed E-state index contributed by atoms with van der Waals surface area (Å²) < 4.78 is 15.4. The molecule has 1 aliphatic carbocycles. The van der Waals surface area contributed by atoms with E-state index < -0.39 is 16.1 Å². The van der Waals surface area contributed by atoms with Crippen LogP contribution in [-0.2, 0) is 22.9 Å². The van der Waals surface area contributed by atoms with E-state index in [9.17, 15) is 4.79 Å². The van der Waals surface area contributed by atoms with E-state index in [0.717, 1.165) is 48.0 Å². The first-order chi connectivity index (χ1) is 21.8. The van der Waals surface area contributed by atoms with Gasteiger partial charge in [-0.15, -0.1) is 0 Å². The van der Waals surface area contributed by atoms with Gasteiger partial charge >= 0.3 is 6.03 Å². The minimum Gasteiger partial charge on any atom is -0.382 e. The Hall–Kier alpha value is -3.34. The molecule has 4 aromatic heterocycles. The third kappa shape index (κ3) is 11.2. The summed E-state index contributed by atoms with van der Waals surface area (Å²) in [4.78, 5) is 29.8. The van der Waals surface area contributed by atoms with Crippen molar-refractivity contribution in [2.24, 2.45) is 5.92 Å². The fourth-order valence-electron chi connectivity index (χ4n) is 5.14. The quantitative estimate of drug-likeness (QED) is 0.111. The van der Waals surface area contributed by atoms with Crippen molar-refractivity contribution in [1.29, 1.82) is 0 Å². The van der Waals surface area contributed by atoms with Crippen LogP contribution in [-0.4, -0.2) is 70.5 Å². The number of hydrogen-bond donors (Lipinski definition) is 3. The molecule has 0 spiro atoms. The second-order valence-corrected chi connectivity index (χ2v) is 25.9. The molecule has 1 aliphatic rings. The lowest BCUT2D eigenvalue weighted by atomic mass is 9.86. The number of nitrogen functional groups attached to an aromatic ring is 1. The predicted octanol–water partition coefficient (Wildman–Crippen LogP) is 6.77. The van der Waals surface area contributed by atoms with Crippen LogP contribution in [0, 0.1) is 5.92 Å². The molecule has 12 nitrogen and oxygen atoms in total. The molecular formula is C32H53N9O3Si2. The first-order valence-corrected chi connectivity index (χ1v) is 23.8. The second-order valence-electron chi connectivity index (χ2n) is 14.7. The Morgan fingerprint density at radius 2 is 1.41 bits per heavy atom. The van der Waals surface area contributed by atoms with Crippen molar-refractivity contribution in [1.82, 2.24) is 34.4 Å². The lowest BCUT2D eigenvalue weighted by Crippen LogP contribution is -2.43. The summed E-state index contributed by atoms with van der Waals surface area (Å²) in [7, 11) is -2.10. The summed E-state index contributed by atoms with van der Waals surface area (Å²) in [5, 5.41) is 5.90. The number of carbonyl (C=O) groups is 1. The lowest BCUT2D eigenvalue weighted by molar-refractivity contribution is 0.0898. The van der Waals surface area contributed by atoms with Crippen molar-refractivity contribution in [3.8, 4) is 0 Å². The lowest BCUT2D eigenvalue weighted by Gasteiger charge is -2.29. The van der Waals surface area contributed by atoms with E-state index in [1.807, 2.05) is 33.7 Å². The number of nitrogens with one attached hydrogen (secondary N) is 2. The molecule has 0 aromatic carbocycles. The van der Waals surface area contributed by atoms with Crippen molar-refractivity contribution in [3.05, 3.63) is 36.9 Å². The van der Waals surface area contributed by atoms with Crippen LogP contribution >= 0.6 is 0 Å². The highest BCUT2D eigenvalue weighted by Crippen LogP contribution is 2.24. The van der Waals surface area contributed by atoms with Crippen molar-refractivity contribution < 1.29 is 14.3 Å². The Morgan fingerprint density at radius 3 is 1.98 bits per heavy atom. The van der Waals surface area contributed by atoms with Crippen LogP contribution in [0.2, 0.25) is 51.4 Å². The molecule has 0 bridgehead atoms. The Morgan fingerprint density at radius 1 is 0.870 bits per heavy atom. The smallest absolute Gasteiger partial charge is 0.320 e. The van der Waals surface area contributed by atoms with E-state index in [0.29, 0.717) is 31.0 Å². The van der Waals surface area contributed by atoms with Crippen LogP contribution in [0.15, 0.2) is 36.9 Å². The molecule has 0 radical (unpaired) electrons. The largest absolute Gasteiger partial charge is 0.382 e. The summed E-state index contributed by atoms with van der Waals surface area (Å²) in [5.41, 5.74) is 8.73. The van der Waals surface area contributed by atoms with Gasteiger partial charge in [-0.25, -0.2) is 24.7 Å². The van der Waals surface area contributed by atoms with Crippen molar-refractivity contribution in [2.45, 2.75) is 103 Å². The second kappa shape index (κ2) is 16.0. The van der Waals surface area contributed by atoms with Crippen molar-refractivity contribution in [3.63, 3.8) is 0 Å². The number of nitrogens with two attached hydrogens (primary N) is 1. The third-order valence-electron chi connectivity index (χ3n) is 8.07. The van der Waals surface area contributed by atoms with Gasteiger partial charge in [0.15, 0.2) is 17.1 Å². The molecule has 1 saturated carbocycles. The molecule has 0 aliphatic heterocycles. The van der Waals surface area contributed by atoms with E-state index >= 15 is 0 Å². The summed E-state index contributed by atoms with van der Waals surface area (Å²) in [6.45, 7) is 18.8. The van der Waals surface area contributed by atoms with E-state index in [4.69, 9.17) is 15.2 Å². The van der Waals surface area contributed by atoms with Gasteiger partial charge in [0, 0.05) is 47.8 Å². The Balaban J connectivity index is 0.000000230. The highest BCUT2D eigenvalue weighted by molar-refractivity contribution is 6.76. The SMILES string of the molecule is C[C@@H]1CCCC[C@@H]1NC(=O)Nc1cnc2c(ccn2COCC[Si](C)(C)C)n1.C[Si](C)(C)CCOCn1ccc2nc(N)cnc21. The summed E-state index contributed by atoms with van der Waals surface area (Å²) in [5.74, 6) is 1.42. The van der Waals surface area contributed by atoms with Gasteiger partial charge in [0.25, 0.3) is 0 Å². The van der Waals surface area contributed by atoms with Gasteiger partial charge in [0.1, 0.15) is 30.3 Å². The van der Waals surface area contributed by atoms with Gasteiger partial charge in [0.2, 0.25) is 0 Å². The Bertz CT molecular complexity index is 1560. The maximum atomic E-state index is 12.3. The zero-order chi connectivity index (χ0) is 33.3. The van der Waals surface area contributed by atoms with Crippen LogP contribution in [0.5, 0.6) is 0 Å². The number of nitrogens with zero attached hydrogens (tertiary/aromatic N) is 6. The molecule has 4 N–H and O–H groups in total. The van der Waals surface area contributed by atoms with Gasteiger partial charge < -0.3 is 29.7 Å². The number of urea groups is 1. The number of ether oxygens (including phenoxy) is 2. The van der Waals surface area contributed by atoms with Crippen molar-refractivity contribution >= 4 is 56.1 Å². The number of amides is 2. The fraction of sp³-hybridized carbons (Fsp3) is 0.594. The molecule has 2 amide bonds. The van der Waals surface area contributed by atoms with Gasteiger partial charge in [-0.3, -0.25) is 5.32 Å². The summed E-state index contributed by atoms with van der Waals surface area (Å²) >= 11 is 0. The molecule has 4 heterocycles. The van der Waals surface area contributed by atoms with Crippen LogP contribution < -0.4 is 16.4 Å². The fourth-order valence-corrected chi connectivity index (χ4v) is 6.65. The number of hydrogen-bond acceptors (Lipinski definition) is 8. The molecule has 0 unspecified atom stereocenters. The van der Waals surface area contributed by atoms with Gasteiger partial charge in [0.05, 0.1) is 12.4 Å². The van der Waals surface area contributed by atoms with E-state index in [1.54, 1.807) is 12.4 Å². The van der Waals surface area contributed by atoms with E-state index in [-0.39, 0.29) is 12.1 Å².